The van der Waals surface area contributed by atoms with E-state index in [1.165, 1.54) is 12.8 Å². The zero-order valence-electron chi connectivity index (χ0n) is 8.46. The van der Waals surface area contributed by atoms with Crippen molar-refractivity contribution >= 4 is 0 Å². The second kappa shape index (κ2) is 3.58. The molecule has 2 aliphatic rings. The summed E-state index contributed by atoms with van der Waals surface area (Å²) in [5, 5.41) is 9.96. The molecule has 1 N–H and O–H groups in total. The summed E-state index contributed by atoms with van der Waals surface area (Å²) in [7, 11) is 0. The predicted molar refractivity (Wildman–Crippen MR) is 51.5 cm³/mol. The summed E-state index contributed by atoms with van der Waals surface area (Å²) >= 11 is 0. The highest BCUT2D eigenvalue weighted by Gasteiger charge is 2.44. The molecule has 13 heavy (non-hydrogen) atoms. The van der Waals surface area contributed by atoms with E-state index < -0.39 is 0 Å². The molecule has 0 spiro atoms. The monoisotopic (exact) mass is 184 g/mol. The third-order valence-electron chi connectivity index (χ3n) is 3.74. The number of hydrogen-bond donors (Lipinski definition) is 1. The third-order valence-corrected chi connectivity index (χ3v) is 3.74. The topological polar surface area (TPSA) is 29.5 Å². The van der Waals surface area contributed by atoms with E-state index in [1.807, 2.05) is 0 Å². The molecule has 2 nitrogen and oxygen atoms in total. The summed E-state index contributed by atoms with van der Waals surface area (Å²) < 4.78 is 5.30. The van der Waals surface area contributed by atoms with Crippen LogP contribution in [0.25, 0.3) is 0 Å². The molecule has 2 rings (SSSR count). The Morgan fingerprint density at radius 2 is 2.00 bits per heavy atom. The maximum absolute atomic E-state index is 9.96. The average molecular weight is 184 g/mol. The van der Waals surface area contributed by atoms with Crippen molar-refractivity contribution in [1.82, 2.24) is 0 Å². The fourth-order valence-corrected chi connectivity index (χ4v) is 2.11. The van der Waals surface area contributed by atoms with Gasteiger partial charge in [-0.15, -0.1) is 0 Å². The Hall–Kier alpha value is -0.0800. The lowest BCUT2D eigenvalue weighted by atomic mass is 9.87. The molecule has 0 aromatic rings. The van der Waals surface area contributed by atoms with E-state index in [9.17, 15) is 5.11 Å². The lowest BCUT2D eigenvalue weighted by molar-refractivity contribution is 0.0252. The normalized spacial score (nSPS) is 30.0. The lowest BCUT2D eigenvalue weighted by Gasteiger charge is -2.26. The summed E-state index contributed by atoms with van der Waals surface area (Å²) in [5.74, 6) is 0.709. The zero-order chi connectivity index (χ0) is 9.31. The summed E-state index contributed by atoms with van der Waals surface area (Å²) in [6.45, 7) is 4.00. The van der Waals surface area contributed by atoms with Gasteiger partial charge in [-0.3, -0.25) is 0 Å². The number of ether oxygens (including phenoxy) is 1. The first-order valence-electron chi connectivity index (χ1n) is 5.46. The minimum Gasteiger partial charge on any atom is -0.393 e. The second-order valence-electron chi connectivity index (χ2n) is 4.96. The van der Waals surface area contributed by atoms with Crippen LogP contribution in [0, 0.1) is 11.3 Å². The number of rotatable bonds is 3. The average Bonchev–Trinajstić information content (AvgIpc) is 2.87. The smallest absolute Gasteiger partial charge is 0.0596 e. The molecule has 1 saturated carbocycles. The molecular formula is C11H20O2. The molecule has 1 heterocycles. The van der Waals surface area contributed by atoms with E-state index in [0.717, 1.165) is 32.5 Å². The Morgan fingerprint density at radius 1 is 1.38 bits per heavy atom. The van der Waals surface area contributed by atoms with Crippen molar-refractivity contribution in [3.8, 4) is 0 Å². The minimum absolute atomic E-state index is 0.0596. The van der Waals surface area contributed by atoms with Gasteiger partial charge in [0.05, 0.1) is 6.10 Å². The van der Waals surface area contributed by atoms with Gasteiger partial charge in [0.2, 0.25) is 0 Å². The summed E-state index contributed by atoms with van der Waals surface area (Å²) in [4.78, 5) is 0. The van der Waals surface area contributed by atoms with Crippen LogP contribution >= 0.6 is 0 Å². The van der Waals surface area contributed by atoms with Gasteiger partial charge in [0.25, 0.3) is 0 Å². The van der Waals surface area contributed by atoms with Crippen LogP contribution in [0.5, 0.6) is 0 Å². The van der Waals surface area contributed by atoms with Crippen LogP contribution < -0.4 is 0 Å². The number of aliphatic hydroxyl groups is 1. The van der Waals surface area contributed by atoms with Gasteiger partial charge in [-0.05, 0) is 43.4 Å². The SMILES string of the molecule is CC1(C(O)CC2CCOCC2)CC1. The van der Waals surface area contributed by atoms with Crippen LogP contribution in [0.4, 0.5) is 0 Å². The van der Waals surface area contributed by atoms with Crippen LogP contribution in [-0.2, 0) is 4.74 Å². The number of aliphatic hydroxyl groups excluding tert-OH is 1. The van der Waals surface area contributed by atoms with Crippen molar-refractivity contribution in [2.24, 2.45) is 11.3 Å². The highest BCUT2D eigenvalue weighted by Crippen LogP contribution is 2.50. The molecule has 0 amide bonds. The quantitative estimate of drug-likeness (QED) is 0.726. The molecule has 76 valence electrons. The Labute approximate surface area is 80.3 Å². The molecule has 1 atom stereocenters. The molecule has 2 heteroatoms. The van der Waals surface area contributed by atoms with Crippen LogP contribution in [0.15, 0.2) is 0 Å². The Bertz CT molecular complexity index is 169. The van der Waals surface area contributed by atoms with Crippen LogP contribution in [0.2, 0.25) is 0 Å². The molecular weight excluding hydrogens is 164 g/mol. The van der Waals surface area contributed by atoms with Crippen molar-refractivity contribution in [3.05, 3.63) is 0 Å². The summed E-state index contributed by atoms with van der Waals surface area (Å²) in [5.41, 5.74) is 0.276. The maximum Gasteiger partial charge on any atom is 0.0596 e. The standard InChI is InChI=1S/C11H20O2/c1-11(4-5-11)10(12)8-9-2-6-13-7-3-9/h9-10,12H,2-8H2,1H3. The van der Waals surface area contributed by atoms with Crippen LogP contribution in [0.1, 0.15) is 39.0 Å². The molecule has 2 fully saturated rings. The molecule has 1 saturated heterocycles. The van der Waals surface area contributed by atoms with Crippen LogP contribution in [0.3, 0.4) is 0 Å². The minimum atomic E-state index is -0.0596. The largest absolute Gasteiger partial charge is 0.393 e. The van der Waals surface area contributed by atoms with Gasteiger partial charge < -0.3 is 9.84 Å². The Balaban J connectivity index is 1.76. The molecule has 0 aromatic carbocycles. The predicted octanol–water partition coefficient (Wildman–Crippen LogP) is 1.96. The maximum atomic E-state index is 9.96. The van der Waals surface area contributed by atoms with E-state index in [4.69, 9.17) is 4.74 Å². The first-order valence-corrected chi connectivity index (χ1v) is 5.46. The van der Waals surface area contributed by atoms with E-state index >= 15 is 0 Å². The molecule has 0 radical (unpaired) electrons. The highest BCUT2D eigenvalue weighted by molar-refractivity contribution is 4.95. The fourth-order valence-electron chi connectivity index (χ4n) is 2.11. The van der Waals surface area contributed by atoms with E-state index in [1.54, 1.807) is 0 Å². The molecule has 1 aliphatic carbocycles. The van der Waals surface area contributed by atoms with Crippen molar-refractivity contribution < 1.29 is 9.84 Å². The van der Waals surface area contributed by atoms with E-state index in [-0.39, 0.29) is 11.5 Å². The molecule has 1 aliphatic heterocycles. The molecule has 0 bridgehead atoms. The van der Waals surface area contributed by atoms with E-state index in [2.05, 4.69) is 6.92 Å². The fraction of sp³-hybridized carbons (Fsp3) is 1.00. The summed E-state index contributed by atoms with van der Waals surface area (Å²) in [6.07, 6.45) is 5.67. The second-order valence-corrected chi connectivity index (χ2v) is 4.96. The third kappa shape index (κ3) is 2.23. The number of hydrogen-bond acceptors (Lipinski definition) is 2. The van der Waals surface area contributed by atoms with Gasteiger partial charge in [-0.1, -0.05) is 6.92 Å². The molecule has 0 aromatic heterocycles. The van der Waals surface area contributed by atoms with Crippen molar-refractivity contribution in [1.29, 1.82) is 0 Å². The van der Waals surface area contributed by atoms with Crippen molar-refractivity contribution in [2.75, 3.05) is 13.2 Å². The lowest BCUT2D eigenvalue weighted by Crippen LogP contribution is -2.26. The van der Waals surface area contributed by atoms with Gasteiger partial charge in [0.1, 0.15) is 0 Å². The van der Waals surface area contributed by atoms with Gasteiger partial charge in [-0.25, -0.2) is 0 Å². The van der Waals surface area contributed by atoms with Crippen molar-refractivity contribution in [2.45, 2.75) is 45.1 Å². The van der Waals surface area contributed by atoms with E-state index in [0.29, 0.717) is 5.92 Å². The van der Waals surface area contributed by atoms with Crippen LogP contribution in [-0.4, -0.2) is 24.4 Å². The van der Waals surface area contributed by atoms with Gasteiger partial charge in [0, 0.05) is 13.2 Å². The van der Waals surface area contributed by atoms with Gasteiger partial charge in [0.15, 0.2) is 0 Å². The first kappa shape index (κ1) is 9.47. The summed E-state index contributed by atoms with van der Waals surface area (Å²) in [6, 6.07) is 0. The molecule has 1 unspecified atom stereocenters. The Kier molecular flexibility index (Phi) is 2.61. The zero-order valence-corrected chi connectivity index (χ0v) is 8.46. The highest BCUT2D eigenvalue weighted by atomic mass is 16.5. The first-order chi connectivity index (χ1) is 6.21. The Morgan fingerprint density at radius 3 is 2.54 bits per heavy atom. The van der Waals surface area contributed by atoms with Crippen molar-refractivity contribution in [3.63, 3.8) is 0 Å². The van der Waals surface area contributed by atoms with Gasteiger partial charge in [-0.2, -0.15) is 0 Å². The van der Waals surface area contributed by atoms with Gasteiger partial charge >= 0.3 is 0 Å².